The number of amides is 2. The van der Waals surface area contributed by atoms with Gasteiger partial charge in [-0.15, -0.1) is 0 Å². The quantitative estimate of drug-likeness (QED) is 0.651. The van der Waals surface area contributed by atoms with Gasteiger partial charge in [0.1, 0.15) is 5.82 Å². The van der Waals surface area contributed by atoms with E-state index in [0.29, 0.717) is 10.6 Å². The van der Waals surface area contributed by atoms with Gasteiger partial charge in [-0.25, -0.2) is 9.82 Å². The van der Waals surface area contributed by atoms with E-state index >= 15 is 0 Å². The Kier molecular flexibility index (Phi) is 5.82. The van der Waals surface area contributed by atoms with Crippen LogP contribution in [0.3, 0.4) is 0 Å². The van der Waals surface area contributed by atoms with Crippen molar-refractivity contribution >= 4 is 29.6 Å². The van der Waals surface area contributed by atoms with E-state index in [9.17, 15) is 14.0 Å². The van der Waals surface area contributed by atoms with E-state index in [1.54, 1.807) is 24.3 Å². The Bertz CT molecular complexity index is 732. The third-order valence-electron chi connectivity index (χ3n) is 2.80. The topological polar surface area (TPSA) is 70.6 Å². The number of hydrazone groups is 1. The molecule has 23 heavy (non-hydrogen) atoms. The minimum atomic E-state index is -0.497. The van der Waals surface area contributed by atoms with E-state index in [0.717, 1.165) is 0 Å². The van der Waals surface area contributed by atoms with Crippen LogP contribution in [0.1, 0.15) is 15.9 Å². The fourth-order valence-corrected chi connectivity index (χ4v) is 1.89. The first kappa shape index (κ1) is 16.6. The third kappa shape index (κ3) is 5.19. The normalized spacial score (nSPS) is 10.5. The molecule has 0 unspecified atom stereocenters. The lowest BCUT2D eigenvalue weighted by atomic mass is 10.2. The lowest BCUT2D eigenvalue weighted by molar-refractivity contribution is -0.120. The van der Waals surface area contributed by atoms with Crippen LogP contribution in [0.15, 0.2) is 53.6 Å². The lowest BCUT2D eigenvalue weighted by Crippen LogP contribution is -2.35. The van der Waals surface area contributed by atoms with Crippen LogP contribution in [0.4, 0.5) is 4.39 Å². The molecule has 0 aliphatic rings. The Morgan fingerprint density at radius 1 is 1.13 bits per heavy atom. The van der Waals surface area contributed by atoms with Crippen LogP contribution in [0.2, 0.25) is 5.02 Å². The molecule has 2 N–H and O–H groups in total. The summed E-state index contributed by atoms with van der Waals surface area (Å²) in [6.45, 7) is -0.245. The van der Waals surface area contributed by atoms with Gasteiger partial charge < -0.3 is 5.32 Å². The van der Waals surface area contributed by atoms with Crippen molar-refractivity contribution in [1.29, 1.82) is 0 Å². The number of carbonyl (C=O) groups excluding carboxylic acids is 2. The van der Waals surface area contributed by atoms with Crippen molar-refractivity contribution in [1.82, 2.24) is 10.7 Å². The van der Waals surface area contributed by atoms with Crippen molar-refractivity contribution in [3.8, 4) is 0 Å². The fourth-order valence-electron chi connectivity index (χ4n) is 1.67. The monoisotopic (exact) mass is 333 g/mol. The van der Waals surface area contributed by atoms with Crippen LogP contribution >= 0.6 is 11.6 Å². The van der Waals surface area contributed by atoms with Gasteiger partial charge in [-0.05, 0) is 29.8 Å². The van der Waals surface area contributed by atoms with Crippen LogP contribution in [0.5, 0.6) is 0 Å². The van der Waals surface area contributed by atoms with Gasteiger partial charge >= 0.3 is 0 Å². The minimum absolute atomic E-state index is 0.245. The standard InChI is InChI=1S/C16H13ClFN3O2/c17-14-4-2-1-3-13(14)16(23)19-10-15(22)21-20-9-11-5-7-12(18)8-6-11/h1-9H,10H2,(H,19,23)(H,21,22). The molecular weight excluding hydrogens is 321 g/mol. The van der Waals surface area contributed by atoms with Gasteiger partial charge in [0.25, 0.3) is 11.8 Å². The summed E-state index contributed by atoms with van der Waals surface area (Å²) in [7, 11) is 0. The average Bonchev–Trinajstić information content (AvgIpc) is 2.55. The molecule has 0 aliphatic carbocycles. The minimum Gasteiger partial charge on any atom is -0.343 e. The Labute approximate surface area is 137 Å². The maximum Gasteiger partial charge on any atom is 0.259 e. The molecule has 2 rings (SSSR count). The zero-order valence-corrected chi connectivity index (χ0v) is 12.7. The zero-order valence-electron chi connectivity index (χ0n) is 11.9. The van der Waals surface area contributed by atoms with Crippen molar-refractivity contribution in [2.45, 2.75) is 0 Å². The fraction of sp³-hybridized carbons (Fsp3) is 0.0625. The van der Waals surface area contributed by atoms with E-state index in [-0.39, 0.29) is 17.9 Å². The van der Waals surface area contributed by atoms with E-state index in [1.807, 2.05) is 0 Å². The molecule has 5 nitrogen and oxygen atoms in total. The predicted octanol–water partition coefficient (Wildman–Crippen LogP) is 2.36. The Balaban J connectivity index is 1.80. The molecule has 0 atom stereocenters. The smallest absolute Gasteiger partial charge is 0.259 e. The summed E-state index contributed by atoms with van der Waals surface area (Å²) < 4.78 is 12.7. The zero-order chi connectivity index (χ0) is 16.7. The highest BCUT2D eigenvalue weighted by molar-refractivity contribution is 6.33. The van der Waals surface area contributed by atoms with E-state index in [4.69, 9.17) is 11.6 Å². The highest BCUT2D eigenvalue weighted by Gasteiger charge is 2.10. The van der Waals surface area contributed by atoms with Crippen molar-refractivity contribution in [3.05, 3.63) is 70.5 Å². The van der Waals surface area contributed by atoms with Gasteiger partial charge in [-0.3, -0.25) is 9.59 Å². The summed E-state index contributed by atoms with van der Waals surface area (Å²) in [6.07, 6.45) is 1.37. The SMILES string of the molecule is O=C(CNC(=O)c1ccccc1Cl)NN=Cc1ccc(F)cc1. The number of nitrogens with zero attached hydrogens (tertiary/aromatic N) is 1. The largest absolute Gasteiger partial charge is 0.343 e. The molecule has 0 fully saturated rings. The first-order valence-corrected chi connectivity index (χ1v) is 7.04. The van der Waals surface area contributed by atoms with Gasteiger partial charge in [0.05, 0.1) is 23.3 Å². The molecule has 0 bridgehead atoms. The van der Waals surface area contributed by atoms with Crippen LogP contribution in [0.25, 0.3) is 0 Å². The first-order valence-electron chi connectivity index (χ1n) is 6.66. The number of hydrogen-bond donors (Lipinski definition) is 2. The highest BCUT2D eigenvalue weighted by atomic mass is 35.5. The molecule has 2 aromatic rings. The van der Waals surface area contributed by atoms with Gasteiger partial charge in [0, 0.05) is 0 Å². The maximum atomic E-state index is 12.7. The van der Waals surface area contributed by atoms with Crippen molar-refractivity contribution < 1.29 is 14.0 Å². The molecule has 2 amide bonds. The van der Waals surface area contributed by atoms with Gasteiger partial charge in [-0.1, -0.05) is 35.9 Å². The molecule has 118 valence electrons. The van der Waals surface area contributed by atoms with E-state index in [2.05, 4.69) is 15.8 Å². The second-order valence-corrected chi connectivity index (χ2v) is 4.91. The average molecular weight is 334 g/mol. The highest BCUT2D eigenvalue weighted by Crippen LogP contribution is 2.14. The summed E-state index contributed by atoms with van der Waals surface area (Å²) in [5.74, 6) is -1.30. The van der Waals surface area contributed by atoms with Gasteiger partial charge in [-0.2, -0.15) is 5.10 Å². The molecule has 0 saturated carbocycles. The summed E-state index contributed by atoms with van der Waals surface area (Å²) in [6, 6.07) is 12.1. The lowest BCUT2D eigenvalue weighted by Gasteiger charge is -2.05. The predicted molar refractivity (Wildman–Crippen MR) is 85.9 cm³/mol. The van der Waals surface area contributed by atoms with Crippen LogP contribution in [-0.4, -0.2) is 24.6 Å². The molecule has 2 aromatic carbocycles. The van der Waals surface area contributed by atoms with Crippen LogP contribution < -0.4 is 10.7 Å². The van der Waals surface area contributed by atoms with Crippen LogP contribution in [0, 0.1) is 5.82 Å². The summed E-state index contributed by atoms with van der Waals surface area (Å²) in [4.78, 5) is 23.4. The third-order valence-corrected chi connectivity index (χ3v) is 3.13. The molecule has 0 aromatic heterocycles. The molecule has 7 heteroatoms. The number of carbonyl (C=O) groups is 2. The second kappa shape index (κ2) is 8.05. The molecular formula is C16H13ClFN3O2. The van der Waals surface area contributed by atoms with Crippen LogP contribution in [-0.2, 0) is 4.79 Å². The Morgan fingerprint density at radius 2 is 1.83 bits per heavy atom. The van der Waals surface area contributed by atoms with E-state index in [1.165, 1.54) is 30.5 Å². The van der Waals surface area contributed by atoms with Crippen molar-refractivity contribution in [2.75, 3.05) is 6.54 Å². The summed E-state index contributed by atoms with van der Waals surface area (Å²) in [5, 5.41) is 6.46. The number of hydrogen-bond acceptors (Lipinski definition) is 3. The number of nitrogens with one attached hydrogen (secondary N) is 2. The van der Waals surface area contributed by atoms with Crippen molar-refractivity contribution in [2.24, 2.45) is 5.10 Å². The molecule has 0 radical (unpaired) electrons. The number of rotatable bonds is 5. The molecule has 0 spiro atoms. The van der Waals surface area contributed by atoms with E-state index < -0.39 is 11.8 Å². The second-order valence-electron chi connectivity index (χ2n) is 4.51. The maximum absolute atomic E-state index is 12.7. The van der Waals surface area contributed by atoms with Crippen molar-refractivity contribution in [3.63, 3.8) is 0 Å². The van der Waals surface area contributed by atoms with Gasteiger partial charge in [0.15, 0.2) is 0 Å². The number of benzene rings is 2. The summed E-state index contributed by atoms with van der Waals surface area (Å²) >= 11 is 5.89. The van der Waals surface area contributed by atoms with Gasteiger partial charge in [0.2, 0.25) is 0 Å². The molecule has 0 heterocycles. The molecule has 0 aliphatic heterocycles. The number of halogens is 2. The Hall–Kier alpha value is -2.73. The first-order chi connectivity index (χ1) is 11.1. The molecule has 0 saturated heterocycles. The Morgan fingerprint density at radius 3 is 2.52 bits per heavy atom. The summed E-state index contributed by atoms with van der Waals surface area (Å²) in [5.41, 5.74) is 3.18.